The Morgan fingerprint density at radius 1 is 1.30 bits per heavy atom. The summed E-state index contributed by atoms with van der Waals surface area (Å²) in [5.74, 6) is 2.33. The van der Waals surface area contributed by atoms with Crippen molar-refractivity contribution in [3.8, 4) is 22.9 Å². The fourth-order valence-corrected chi connectivity index (χ4v) is 2.78. The molecule has 124 valence electrons. The van der Waals surface area contributed by atoms with Crippen molar-refractivity contribution in [1.82, 2.24) is 15.0 Å². The number of methoxy groups -OCH3 is 2. The number of hydrogen-bond donors (Lipinski definition) is 1. The molecule has 1 aliphatic heterocycles. The van der Waals surface area contributed by atoms with Crippen LogP contribution in [0.5, 0.6) is 11.5 Å². The molecule has 1 aromatic heterocycles. The highest BCUT2D eigenvalue weighted by molar-refractivity contribution is 5.60. The molecular formula is C16H21N3O4. The van der Waals surface area contributed by atoms with Gasteiger partial charge in [0.05, 0.1) is 26.9 Å². The molecule has 2 heterocycles. The first kappa shape index (κ1) is 15.8. The Labute approximate surface area is 134 Å². The summed E-state index contributed by atoms with van der Waals surface area (Å²) in [5.41, 5.74) is 0.802. The van der Waals surface area contributed by atoms with Gasteiger partial charge in [0.25, 0.3) is 0 Å². The lowest BCUT2D eigenvalue weighted by Crippen LogP contribution is -2.37. The van der Waals surface area contributed by atoms with Crippen LogP contribution in [0.1, 0.15) is 18.7 Å². The molecule has 2 aromatic rings. The van der Waals surface area contributed by atoms with E-state index < -0.39 is 0 Å². The Morgan fingerprint density at radius 3 is 2.87 bits per heavy atom. The van der Waals surface area contributed by atoms with Gasteiger partial charge in [0.15, 0.2) is 11.5 Å². The highest BCUT2D eigenvalue weighted by atomic mass is 16.5. The van der Waals surface area contributed by atoms with Crippen LogP contribution < -0.4 is 9.47 Å². The molecule has 0 spiro atoms. The van der Waals surface area contributed by atoms with Crippen molar-refractivity contribution in [3.63, 3.8) is 0 Å². The average molecular weight is 319 g/mol. The van der Waals surface area contributed by atoms with E-state index in [0.717, 1.165) is 24.9 Å². The highest BCUT2D eigenvalue weighted by Gasteiger charge is 2.20. The first-order valence-corrected chi connectivity index (χ1v) is 7.65. The van der Waals surface area contributed by atoms with E-state index in [1.54, 1.807) is 14.2 Å². The van der Waals surface area contributed by atoms with E-state index in [9.17, 15) is 5.11 Å². The van der Waals surface area contributed by atoms with E-state index in [2.05, 4.69) is 15.0 Å². The predicted octanol–water partition coefficient (Wildman–Crippen LogP) is 1.71. The Hall–Kier alpha value is -2.12. The van der Waals surface area contributed by atoms with Gasteiger partial charge in [-0.25, -0.2) is 0 Å². The quantitative estimate of drug-likeness (QED) is 0.898. The van der Waals surface area contributed by atoms with Crippen molar-refractivity contribution in [3.05, 3.63) is 24.1 Å². The average Bonchev–Trinajstić information content (AvgIpc) is 3.02. The number of rotatable bonds is 5. The number of aliphatic hydroxyl groups is 1. The van der Waals surface area contributed by atoms with Crippen LogP contribution in [0, 0.1) is 0 Å². The van der Waals surface area contributed by atoms with Crippen molar-refractivity contribution < 1.29 is 19.1 Å². The molecule has 3 rings (SSSR count). The Morgan fingerprint density at radius 2 is 2.13 bits per heavy atom. The van der Waals surface area contributed by atoms with E-state index in [1.165, 1.54) is 0 Å². The van der Waals surface area contributed by atoms with E-state index >= 15 is 0 Å². The number of nitrogens with zero attached hydrogens (tertiary/aromatic N) is 3. The smallest absolute Gasteiger partial charge is 0.241 e. The minimum atomic E-state index is -0.267. The number of aliphatic hydroxyl groups excluding tert-OH is 1. The molecule has 1 atom stereocenters. The molecule has 1 aliphatic rings. The summed E-state index contributed by atoms with van der Waals surface area (Å²) in [7, 11) is 3.18. The maximum atomic E-state index is 9.71. The molecular weight excluding hydrogens is 298 g/mol. The maximum absolute atomic E-state index is 9.71. The Kier molecular flexibility index (Phi) is 4.78. The van der Waals surface area contributed by atoms with Crippen molar-refractivity contribution >= 4 is 0 Å². The molecule has 0 saturated carbocycles. The minimum Gasteiger partial charge on any atom is -0.493 e. The van der Waals surface area contributed by atoms with Gasteiger partial charge in [-0.2, -0.15) is 4.98 Å². The van der Waals surface area contributed by atoms with E-state index in [0.29, 0.717) is 36.3 Å². The van der Waals surface area contributed by atoms with Gasteiger partial charge >= 0.3 is 0 Å². The Bertz CT molecular complexity index is 659. The number of piperidine rings is 1. The van der Waals surface area contributed by atoms with Crippen LogP contribution in [-0.4, -0.2) is 53.6 Å². The molecule has 23 heavy (non-hydrogen) atoms. The van der Waals surface area contributed by atoms with Gasteiger partial charge in [-0.05, 0) is 37.6 Å². The summed E-state index contributed by atoms with van der Waals surface area (Å²) < 4.78 is 15.8. The first-order valence-electron chi connectivity index (χ1n) is 7.65. The fraction of sp³-hybridized carbons (Fsp3) is 0.500. The highest BCUT2D eigenvalue weighted by Crippen LogP contribution is 2.31. The van der Waals surface area contributed by atoms with E-state index in [-0.39, 0.29) is 6.10 Å². The molecule has 0 amide bonds. The first-order chi connectivity index (χ1) is 11.2. The Balaban J connectivity index is 1.74. The van der Waals surface area contributed by atoms with Crippen LogP contribution in [-0.2, 0) is 6.54 Å². The minimum absolute atomic E-state index is 0.267. The molecule has 1 fully saturated rings. The van der Waals surface area contributed by atoms with E-state index in [1.807, 2.05) is 18.2 Å². The largest absolute Gasteiger partial charge is 0.493 e. The van der Waals surface area contributed by atoms with Gasteiger partial charge in [0, 0.05) is 12.1 Å². The summed E-state index contributed by atoms with van der Waals surface area (Å²) in [6.45, 7) is 2.14. The summed E-state index contributed by atoms with van der Waals surface area (Å²) >= 11 is 0. The molecule has 1 saturated heterocycles. The lowest BCUT2D eigenvalue weighted by molar-refractivity contribution is 0.0613. The van der Waals surface area contributed by atoms with Crippen LogP contribution in [0.3, 0.4) is 0 Å². The zero-order chi connectivity index (χ0) is 16.2. The molecule has 0 unspecified atom stereocenters. The predicted molar refractivity (Wildman–Crippen MR) is 83.4 cm³/mol. The number of hydrogen-bond acceptors (Lipinski definition) is 7. The van der Waals surface area contributed by atoms with Crippen LogP contribution >= 0.6 is 0 Å². The second-order valence-electron chi connectivity index (χ2n) is 5.61. The second kappa shape index (κ2) is 6.97. The van der Waals surface area contributed by atoms with Crippen LogP contribution in [0.15, 0.2) is 22.7 Å². The molecule has 0 bridgehead atoms. The van der Waals surface area contributed by atoms with Crippen LogP contribution in [0.2, 0.25) is 0 Å². The topological polar surface area (TPSA) is 80.9 Å². The standard InChI is InChI=1S/C16H21N3O4/c1-21-13-6-5-11(8-14(13)22-2)16-17-15(23-18-16)10-19-7-3-4-12(20)9-19/h5-6,8,12,20H,3-4,7,9-10H2,1-2H3/t12-/m1/s1. The zero-order valence-corrected chi connectivity index (χ0v) is 13.4. The molecule has 0 radical (unpaired) electrons. The van der Waals surface area contributed by atoms with Crippen molar-refractivity contribution in [2.45, 2.75) is 25.5 Å². The lowest BCUT2D eigenvalue weighted by atomic mass is 10.1. The van der Waals surface area contributed by atoms with Crippen LogP contribution in [0.4, 0.5) is 0 Å². The molecule has 0 aliphatic carbocycles. The number of likely N-dealkylation sites (tertiary alicyclic amines) is 1. The summed E-state index contributed by atoms with van der Waals surface area (Å²) in [4.78, 5) is 6.56. The van der Waals surface area contributed by atoms with Gasteiger partial charge in [-0.15, -0.1) is 0 Å². The fourth-order valence-electron chi connectivity index (χ4n) is 2.78. The SMILES string of the molecule is COc1ccc(-c2noc(CN3CCC[C@@H](O)C3)n2)cc1OC. The van der Waals surface area contributed by atoms with Crippen molar-refractivity contribution in [2.75, 3.05) is 27.3 Å². The van der Waals surface area contributed by atoms with Crippen molar-refractivity contribution in [2.24, 2.45) is 0 Å². The third-order valence-electron chi connectivity index (χ3n) is 3.95. The van der Waals surface area contributed by atoms with Gasteiger partial charge in [-0.3, -0.25) is 4.90 Å². The number of β-amino-alcohol motifs (C(OH)–C–C–N with tert-alkyl or cyclic N) is 1. The third kappa shape index (κ3) is 3.62. The van der Waals surface area contributed by atoms with Crippen molar-refractivity contribution in [1.29, 1.82) is 0 Å². The van der Waals surface area contributed by atoms with Crippen LogP contribution in [0.25, 0.3) is 11.4 Å². The number of ether oxygens (including phenoxy) is 2. The van der Waals surface area contributed by atoms with Gasteiger partial charge in [0.1, 0.15) is 0 Å². The monoisotopic (exact) mass is 319 g/mol. The summed E-state index contributed by atoms with van der Waals surface area (Å²) in [5, 5.41) is 13.7. The molecule has 7 nitrogen and oxygen atoms in total. The molecule has 7 heteroatoms. The van der Waals surface area contributed by atoms with Gasteiger partial charge in [-0.1, -0.05) is 5.16 Å². The van der Waals surface area contributed by atoms with Gasteiger partial charge < -0.3 is 19.1 Å². The molecule has 1 N–H and O–H groups in total. The second-order valence-corrected chi connectivity index (χ2v) is 5.61. The number of benzene rings is 1. The summed E-state index contributed by atoms with van der Waals surface area (Å²) in [6.07, 6.45) is 1.58. The van der Waals surface area contributed by atoms with E-state index in [4.69, 9.17) is 14.0 Å². The van der Waals surface area contributed by atoms with Gasteiger partial charge in [0.2, 0.25) is 11.7 Å². The normalized spacial score (nSPS) is 18.8. The maximum Gasteiger partial charge on any atom is 0.241 e. The number of aromatic nitrogens is 2. The third-order valence-corrected chi connectivity index (χ3v) is 3.95. The lowest BCUT2D eigenvalue weighted by Gasteiger charge is -2.28. The molecule has 1 aromatic carbocycles. The zero-order valence-electron chi connectivity index (χ0n) is 13.4. The summed E-state index contributed by atoms with van der Waals surface area (Å²) in [6, 6.07) is 5.49.